The van der Waals surface area contributed by atoms with E-state index in [9.17, 15) is 14.9 Å². The van der Waals surface area contributed by atoms with Crippen molar-refractivity contribution in [3.63, 3.8) is 0 Å². The molecule has 0 fully saturated rings. The van der Waals surface area contributed by atoms with Crippen molar-refractivity contribution >= 4 is 28.7 Å². The molecule has 0 spiro atoms. The van der Waals surface area contributed by atoms with Crippen LogP contribution in [0, 0.1) is 21.4 Å². The molecule has 0 unspecified atom stereocenters. The molecule has 2 rings (SSSR count). The summed E-state index contributed by atoms with van der Waals surface area (Å²) in [5.41, 5.74) is 2.47. The number of carboxylic acid groups (broad SMARTS) is 1. The number of hydrogen-bond donors (Lipinski definition) is 1. The summed E-state index contributed by atoms with van der Waals surface area (Å²) < 4.78 is 0. The van der Waals surface area contributed by atoms with Gasteiger partial charge in [-0.15, -0.1) is 0 Å². The summed E-state index contributed by atoms with van der Waals surface area (Å²) in [6.07, 6.45) is 0.482. The molecule has 0 saturated carbocycles. The van der Waals surface area contributed by atoms with Gasteiger partial charge >= 0.3 is 5.97 Å². The third kappa shape index (κ3) is 8.31. The van der Waals surface area contributed by atoms with Gasteiger partial charge in [0.25, 0.3) is 5.69 Å². The van der Waals surface area contributed by atoms with Gasteiger partial charge in [0.15, 0.2) is 0 Å². The van der Waals surface area contributed by atoms with Crippen LogP contribution in [0.3, 0.4) is 0 Å². The van der Waals surface area contributed by atoms with E-state index in [1.165, 1.54) is 19.1 Å². The summed E-state index contributed by atoms with van der Waals surface area (Å²) in [6.45, 7) is 8.16. The zero-order chi connectivity index (χ0) is 22.5. The smallest absolute Gasteiger partial charge is 0.330 e. The first-order valence-corrected chi connectivity index (χ1v) is 9.05. The molecule has 0 saturated heterocycles. The summed E-state index contributed by atoms with van der Waals surface area (Å²) in [5, 5.41) is 35.4. The number of benzene rings is 2. The highest BCUT2D eigenvalue weighted by molar-refractivity contribution is 5.84. The number of aliphatic carboxylic acids is 1. The molecule has 0 atom stereocenters. The zero-order valence-electron chi connectivity index (χ0n) is 16.9. The molecule has 2 aromatic rings. The molecule has 0 aliphatic rings. The van der Waals surface area contributed by atoms with E-state index in [-0.39, 0.29) is 11.3 Å². The fourth-order valence-corrected chi connectivity index (χ4v) is 2.14. The molecule has 0 radical (unpaired) electrons. The number of azo groups is 1. The van der Waals surface area contributed by atoms with Crippen molar-refractivity contribution in [3.05, 3.63) is 70.8 Å². The van der Waals surface area contributed by atoms with E-state index >= 15 is 0 Å². The van der Waals surface area contributed by atoms with E-state index in [0.29, 0.717) is 24.3 Å². The lowest BCUT2D eigenvalue weighted by molar-refractivity contribution is -0.384. The number of nitriles is 1. The van der Waals surface area contributed by atoms with Gasteiger partial charge in [-0.1, -0.05) is 6.58 Å². The summed E-state index contributed by atoms with van der Waals surface area (Å²) in [7, 11) is 0. The van der Waals surface area contributed by atoms with Gasteiger partial charge in [0, 0.05) is 36.5 Å². The third-order valence-corrected chi connectivity index (χ3v) is 3.80. The maximum Gasteiger partial charge on any atom is 0.330 e. The number of nitrogens with zero attached hydrogens (tertiary/aromatic N) is 5. The Morgan fingerprint density at radius 2 is 1.63 bits per heavy atom. The SMILES string of the molecule is C=C(C)C(=O)O.CCN(CCC#N)c1ccc(/N=N/c2ccc([N+](=O)[O-])cc2)cc1. The average molecular weight is 409 g/mol. The summed E-state index contributed by atoms with van der Waals surface area (Å²) in [6, 6.07) is 15.6. The maximum absolute atomic E-state index is 10.6. The molecule has 0 amide bonds. The Morgan fingerprint density at radius 1 is 1.17 bits per heavy atom. The van der Waals surface area contributed by atoms with Crippen molar-refractivity contribution < 1.29 is 14.8 Å². The van der Waals surface area contributed by atoms with Crippen molar-refractivity contribution in [2.45, 2.75) is 20.3 Å². The van der Waals surface area contributed by atoms with Crippen molar-refractivity contribution in [2.75, 3.05) is 18.0 Å². The fourth-order valence-electron chi connectivity index (χ4n) is 2.14. The van der Waals surface area contributed by atoms with Crippen LogP contribution in [0.15, 0.2) is 70.9 Å². The summed E-state index contributed by atoms with van der Waals surface area (Å²) >= 11 is 0. The highest BCUT2D eigenvalue weighted by Gasteiger charge is 2.04. The van der Waals surface area contributed by atoms with Crippen LogP contribution in [0.1, 0.15) is 20.3 Å². The first kappa shape index (κ1) is 24.0. The standard InChI is InChI=1S/C17H17N5O2.C4H6O2/c1-2-21(13-3-12-18)16-8-4-14(5-9-16)19-20-15-6-10-17(11-7-15)22(23)24;1-3(2)4(5)6/h4-11H,2-3,13H2,1H3;1H2,2H3,(H,5,6)/b20-19+;. The van der Waals surface area contributed by atoms with Gasteiger partial charge in [0.05, 0.1) is 28.8 Å². The second kappa shape index (κ2) is 12.4. The van der Waals surface area contributed by atoms with Gasteiger partial charge in [-0.05, 0) is 50.2 Å². The number of non-ortho nitro benzene ring substituents is 1. The number of nitro groups is 1. The Labute approximate surface area is 174 Å². The van der Waals surface area contributed by atoms with Crippen LogP contribution in [0.2, 0.25) is 0 Å². The van der Waals surface area contributed by atoms with Gasteiger partial charge in [0.1, 0.15) is 0 Å². The predicted octanol–water partition coefficient (Wildman–Crippen LogP) is 5.40. The molecular formula is C21H23N5O4. The molecule has 30 heavy (non-hydrogen) atoms. The molecule has 0 heterocycles. The number of rotatable bonds is 8. The number of anilines is 1. The minimum atomic E-state index is -0.935. The molecule has 9 nitrogen and oxygen atoms in total. The molecule has 1 N–H and O–H groups in total. The molecule has 0 bridgehead atoms. The van der Waals surface area contributed by atoms with Crippen molar-refractivity contribution in [1.29, 1.82) is 5.26 Å². The highest BCUT2D eigenvalue weighted by Crippen LogP contribution is 2.23. The molecule has 2 aromatic carbocycles. The van der Waals surface area contributed by atoms with Crippen LogP contribution in [-0.2, 0) is 4.79 Å². The lowest BCUT2D eigenvalue weighted by Crippen LogP contribution is -2.23. The van der Waals surface area contributed by atoms with Gasteiger partial charge in [-0.3, -0.25) is 10.1 Å². The molecule has 0 aromatic heterocycles. The van der Waals surface area contributed by atoms with Crippen LogP contribution in [0.5, 0.6) is 0 Å². The van der Waals surface area contributed by atoms with Crippen LogP contribution >= 0.6 is 0 Å². The molecular weight excluding hydrogens is 386 g/mol. The quantitative estimate of drug-likeness (QED) is 0.269. The van der Waals surface area contributed by atoms with Gasteiger partial charge in [-0.2, -0.15) is 15.5 Å². The van der Waals surface area contributed by atoms with E-state index in [2.05, 4.69) is 27.8 Å². The van der Waals surface area contributed by atoms with E-state index in [1.807, 2.05) is 31.2 Å². The molecule has 156 valence electrons. The summed E-state index contributed by atoms with van der Waals surface area (Å²) in [5.74, 6) is -0.935. The monoisotopic (exact) mass is 409 g/mol. The largest absolute Gasteiger partial charge is 0.478 e. The molecule has 0 aliphatic heterocycles. The van der Waals surface area contributed by atoms with Crippen LogP contribution in [0.4, 0.5) is 22.7 Å². The number of carboxylic acids is 1. The van der Waals surface area contributed by atoms with Crippen LogP contribution < -0.4 is 4.90 Å². The van der Waals surface area contributed by atoms with Gasteiger partial charge in [-0.25, -0.2) is 4.79 Å². The Balaban J connectivity index is 0.000000656. The number of nitro benzene ring substituents is 1. The van der Waals surface area contributed by atoms with Crippen molar-refractivity contribution in [2.24, 2.45) is 10.2 Å². The lowest BCUT2D eigenvalue weighted by Gasteiger charge is -2.21. The molecule has 9 heteroatoms. The first-order valence-electron chi connectivity index (χ1n) is 9.05. The number of hydrogen-bond acceptors (Lipinski definition) is 7. The fraction of sp³-hybridized carbons (Fsp3) is 0.238. The Bertz CT molecular complexity index is 919. The second-order valence-electron chi connectivity index (χ2n) is 6.06. The average Bonchev–Trinajstić information content (AvgIpc) is 2.74. The number of carbonyl (C=O) groups is 1. The topological polar surface area (TPSA) is 132 Å². The van der Waals surface area contributed by atoms with E-state index in [4.69, 9.17) is 10.4 Å². The Kier molecular flexibility index (Phi) is 9.92. The van der Waals surface area contributed by atoms with Gasteiger partial charge in [0.2, 0.25) is 0 Å². The Morgan fingerprint density at radius 3 is 2.00 bits per heavy atom. The predicted molar refractivity (Wildman–Crippen MR) is 114 cm³/mol. The third-order valence-electron chi connectivity index (χ3n) is 3.80. The van der Waals surface area contributed by atoms with Crippen LogP contribution in [0.25, 0.3) is 0 Å². The van der Waals surface area contributed by atoms with Gasteiger partial charge < -0.3 is 10.0 Å². The van der Waals surface area contributed by atoms with E-state index in [0.717, 1.165) is 12.2 Å². The van der Waals surface area contributed by atoms with Crippen LogP contribution in [-0.4, -0.2) is 29.1 Å². The van der Waals surface area contributed by atoms with Crippen molar-refractivity contribution in [3.8, 4) is 6.07 Å². The summed E-state index contributed by atoms with van der Waals surface area (Å²) in [4.78, 5) is 21.9. The van der Waals surface area contributed by atoms with E-state index in [1.54, 1.807) is 12.1 Å². The molecule has 0 aliphatic carbocycles. The zero-order valence-corrected chi connectivity index (χ0v) is 16.9. The maximum atomic E-state index is 10.6. The van der Waals surface area contributed by atoms with Crippen molar-refractivity contribution in [1.82, 2.24) is 0 Å². The lowest BCUT2D eigenvalue weighted by atomic mass is 10.2. The second-order valence-corrected chi connectivity index (χ2v) is 6.06. The Hall–Kier alpha value is -4.06. The van der Waals surface area contributed by atoms with E-state index < -0.39 is 10.9 Å². The first-order chi connectivity index (χ1) is 14.3. The normalized spacial score (nSPS) is 9.90. The highest BCUT2D eigenvalue weighted by atomic mass is 16.6. The minimum absolute atomic E-state index is 0.0235. The minimum Gasteiger partial charge on any atom is -0.478 e.